The third kappa shape index (κ3) is 3.22. The largest absolute Gasteiger partial charge is 0.481 e. The molecule has 3 aromatic rings. The Hall–Kier alpha value is -1.57. The fourth-order valence-electron chi connectivity index (χ4n) is 2.26. The predicted molar refractivity (Wildman–Crippen MR) is 94.3 cm³/mol. The van der Waals surface area contributed by atoms with Gasteiger partial charge in [-0.3, -0.25) is 4.79 Å². The number of carbonyl (C=O) groups excluding carboxylic acids is 1. The number of nitrogens with zero attached hydrogens (tertiary/aromatic N) is 3. The number of ether oxygens (including phenoxy) is 1. The van der Waals surface area contributed by atoms with Gasteiger partial charge in [0.25, 0.3) is 0 Å². The van der Waals surface area contributed by atoms with E-state index in [1.165, 1.54) is 25.4 Å². The third-order valence-corrected chi connectivity index (χ3v) is 5.23. The molecule has 0 saturated heterocycles. The summed E-state index contributed by atoms with van der Waals surface area (Å²) in [5.74, 6) is 0.472. The minimum atomic E-state index is 0.0342. The maximum absolute atomic E-state index is 11.5. The summed E-state index contributed by atoms with van der Waals surface area (Å²) >= 11 is 11.0. The Labute approximate surface area is 149 Å². The number of pyridine rings is 1. The molecular formula is C15H11BrClN3O2S. The van der Waals surface area contributed by atoms with Gasteiger partial charge in [-0.25, -0.2) is 15.0 Å². The number of ketones is 1. The van der Waals surface area contributed by atoms with Crippen LogP contribution in [0.5, 0.6) is 5.88 Å². The Kier molecular flexibility index (Phi) is 4.61. The van der Waals surface area contributed by atoms with Gasteiger partial charge >= 0.3 is 0 Å². The monoisotopic (exact) mass is 411 g/mol. The third-order valence-electron chi connectivity index (χ3n) is 3.18. The Bertz CT molecular complexity index is 913. The molecule has 3 heterocycles. The summed E-state index contributed by atoms with van der Waals surface area (Å²) in [4.78, 5) is 24.3. The highest BCUT2D eigenvalue weighted by Gasteiger charge is 2.16. The normalized spacial score (nSPS) is 11.0. The summed E-state index contributed by atoms with van der Waals surface area (Å²) in [5, 5.41) is 2.10. The van der Waals surface area contributed by atoms with Gasteiger partial charge in [-0.05, 0) is 40.5 Å². The minimum Gasteiger partial charge on any atom is -0.481 e. The van der Waals surface area contributed by atoms with Gasteiger partial charge in [0.1, 0.15) is 11.3 Å². The van der Waals surface area contributed by atoms with Crippen LogP contribution in [0.3, 0.4) is 0 Å². The van der Waals surface area contributed by atoms with Gasteiger partial charge in [-0.15, -0.1) is 11.3 Å². The zero-order valence-corrected chi connectivity index (χ0v) is 15.4. The molecule has 0 fully saturated rings. The Morgan fingerprint density at radius 3 is 2.91 bits per heavy atom. The van der Waals surface area contributed by atoms with E-state index in [0.717, 1.165) is 25.8 Å². The molecule has 0 spiro atoms. The van der Waals surface area contributed by atoms with E-state index in [1.54, 1.807) is 6.20 Å². The highest BCUT2D eigenvalue weighted by Crippen LogP contribution is 2.36. The molecule has 0 atom stereocenters. The van der Waals surface area contributed by atoms with E-state index in [9.17, 15) is 4.79 Å². The molecule has 8 heteroatoms. The van der Waals surface area contributed by atoms with Crippen LogP contribution in [0, 0.1) is 0 Å². The molecule has 0 unspecified atom stereocenters. The molecule has 0 saturated carbocycles. The molecule has 0 N–H and O–H groups in total. The summed E-state index contributed by atoms with van der Waals surface area (Å²) in [6.07, 6.45) is 1.91. The van der Waals surface area contributed by atoms with Crippen molar-refractivity contribution < 1.29 is 9.53 Å². The van der Waals surface area contributed by atoms with Crippen LogP contribution in [0.4, 0.5) is 0 Å². The van der Waals surface area contributed by atoms with Crippen molar-refractivity contribution in [3.8, 4) is 17.1 Å². The molecule has 3 rings (SSSR count). The van der Waals surface area contributed by atoms with Crippen LogP contribution in [0.2, 0.25) is 5.28 Å². The van der Waals surface area contributed by atoms with E-state index in [1.807, 2.05) is 11.4 Å². The number of hydrogen-bond donors (Lipinski definition) is 0. The summed E-state index contributed by atoms with van der Waals surface area (Å²) in [5.41, 5.74) is 2.94. The topological polar surface area (TPSA) is 65.0 Å². The lowest BCUT2D eigenvalue weighted by atomic mass is 10.1. The zero-order valence-electron chi connectivity index (χ0n) is 12.3. The van der Waals surface area contributed by atoms with Gasteiger partial charge in [0.05, 0.1) is 22.0 Å². The van der Waals surface area contributed by atoms with E-state index in [0.29, 0.717) is 11.6 Å². The van der Waals surface area contributed by atoms with Crippen LogP contribution >= 0.6 is 38.9 Å². The van der Waals surface area contributed by atoms with Gasteiger partial charge in [-0.1, -0.05) is 0 Å². The highest BCUT2D eigenvalue weighted by molar-refractivity contribution is 9.10. The SMILES string of the molecule is COc1ncc(-c2nc(Cl)nc3c(Br)csc23)cc1CC(C)=O. The van der Waals surface area contributed by atoms with Gasteiger partial charge in [0.2, 0.25) is 11.2 Å². The molecule has 118 valence electrons. The second-order valence-electron chi connectivity index (χ2n) is 4.87. The summed E-state index contributed by atoms with van der Waals surface area (Å²) in [6, 6.07) is 1.86. The van der Waals surface area contributed by atoms with E-state index in [2.05, 4.69) is 30.9 Å². The van der Waals surface area contributed by atoms with Crippen LogP contribution in [-0.4, -0.2) is 27.8 Å². The molecule has 0 aliphatic heterocycles. The second-order valence-corrected chi connectivity index (χ2v) is 6.95. The number of thiophene rings is 1. The molecule has 5 nitrogen and oxygen atoms in total. The Balaban J connectivity index is 2.20. The van der Waals surface area contributed by atoms with Crippen molar-refractivity contribution in [2.24, 2.45) is 0 Å². The number of aromatic nitrogens is 3. The molecule has 0 radical (unpaired) electrons. The smallest absolute Gasteiger partial charge is 0.223 e. The molecular weight excluding hydrogens is 402 g/mol. The van der Waals surface area contributed by atoms with Crippen LogP contribution in [0.1, 0.15) is 12.5 Å². The number of hydrogen-bond acceptors (Lipinski definition) is 6. The van der Waals surface area contributed by atoms with Crippen molar-refractivity contribution in [1.82, 2.24) is 15.0 Å². The van der Waals surface area contributed by atoms with Crippen molar-refractivity contribution >= 4 is 54.9 Å². The van der Waals surface area contributed by atoms with E-state index in [-0.39, 0.29) is 17.5 Å². The summed E-state index contributed by atoms with van der Waals surface area (Å²) in [6.45, 7) is 1.53. The van der Waals surface area contributed by atoms with Crippen LogP contribution in [0.15, 0.2) is 22.1 Å². The summed E-state index contributed by atoms with van der Waals surface area (Å²) in [7, 11) is 1.53. The Morgan fingerprint density at radius 2 is 2.22 bits per heavy atom. The lowest BCUT2D eigenvalue weighted by molar-refractivity contribution is -0.116. The Morgan fingerprint density at radius 1 is 1.43 bits per heavy atom. The molecule has 23 heavy (non-hydrogen) atoms. The predicted octanol–water partition coefficient (Wildman–Crippen LogP) is 4.31. The van der Waals surface area contributed by atoms with Gasteiger partial charge in [-0.2, -0.15) is 0 Å². The highest BCUT2D eigenvalue weighted by atomic mass is 79.9. The number of carbonyl (C=O) groups is 1. The molecule has 3 aromatic heterocycles. The molecule has 0 aliphatic rings. The van der Waals surface area contributed by atoms with Crippen LogP contribution in [0.25, 0.3) is 21.5 Å². The molecule has 0 aromatic carbocycles. The quantitative estimate of drug-likeness (QED) is 0.597. The molecule has 0 aliphatic carbocycles. The van der Waals surface area contributed by atoms with E-state index >= 15 is 0 Å². The first-order valence-electron chi connectivity index (χ1n) is 6.62. The van der Waals surface area contributed by atoms with Crippen LogP contribution < -0.4 is 4.74 Å². The molecule has 0 bridgehead atoms. The van der Waals surface area contributed by atoms with E-state index < -0.39 is 0 Å². The number of fused-ring (bicyclic) bond motifs is 1. The van der Waals surface area contributed by atoms with Gasteiger partial charge in [0.15, 0.2) is 0 Å². The lowest BCUT2D eigenvalue weighted by Gasteiger charge is -2.09. The number of rotatable bonds is 4. The fraction of sp³-hybridized carbons (Fsp3) is 0.200. The maximum atomic E-state index is 11.5. The number of Topliss-reactive ketones (excluding diaryl/α,β-unsaturated/α-hetero) is 1. The van der Waals surface area contributed by atoms with Crippen molar-refractivity contribution in [3.05, 3.63) is 33.0 Å². The fourth-order valence-corrected chi connectivity index (χ4v) is 4.01. The average molecular weight is 413 g/mol. The maximum Gasteiger partial charge on any atom is 0.223 e. The average Bonchev–Trinajstić information content (AvgIpc) is 2.87. The van der Waals surface area contributed by atoms with E-state index in [4.69, 9.17) is 16.3 Å². The molecule has 0 amide bonds. The first kappa shape index (κ1) is 16.3. The second kappa shape index (κ2) is 6.51. The minimum absolute atomic E-state index is 0.0342. The van der Waals surface area contributed by atoms with Crippen molar-refractivity contribution in [3.63, 3.8) is 0 Å². The van der Waals surface area contributed by atoms with Crippen molar-refractivity contribution in [2.75, 3.05) is 7.11 Å². The number of methoxy groups -OCH3 is 1. The standard InChI is InChI=1S/C15H11BrClN3O2S/c1-7(21)3-8-4-9(5-18-14(8)22-2)11-13-12(10(16)6-23-13)20-15(17)19-11/h4-6H,3H2,1-2H3. The first-order valence-corrected chi connectivity index (χ1v) is 8.67. The zero-order chi connectivity index (χ0) is 16.6. The van der Waals surface area contributed by atoms with Gasteiger partial charge < -0.3 is 4.74 Å². The van der Waals surface area contributed by atoms with Crippen molar-refractivity contribution in [2.45, 2.75) is 13.3 Å². The number of halogens is 2. The summed E-state index contributed by atoms with van der Waals surface area (Å²) < 4.78 is 7.00. The van der Waals surface area contributed by atoms with Gasteiger partial charge in [0, 0.05) is 29.1 Å². The lowest BCUT2D eigenvalue weighted by Crippen LogP contribution is -2.02. The van der Waals surface area contributed by atoms with Crippen LogP contribution in [-0.2, 0) is 11.2 Å². The van der Waals surface area contributed by atoms with Crippen molar-refractivity contribution in [1.29, 1.82) is 0 Å². The first-order chi connectivity index (χ1) is 11.0.